The van der Waals surface area contributed by atoms with E-state index in [0.717, 1.165) is 51.9 Å². The minimum Gasteiger partial charge on any atom is -0.376 e. The van der Waals surface area contributed by atoms with Crippen LogP contribution in [0.1, 0.15) is 44.1 Å². The van der Waals surface area contributed by atoms with Gasteiger partial charge in [0.25, 0.3) is 0 Å². The summed E-state index contributed by atoms with van der Waals surface area (Å²) in [4.78, 5) is 17.7. The number of hydrogen-bond acceptors (Lipinski definition) is 4. The van der Waals surface area contributed by atoms with E-state index in [9.17, 15) is 4.79 Å². The van der Waals surface area contributed by atoms with Crippen LogP contribution in [-0.2, 0) is 9.53 Å². The molecule has 1 aromatic carbocycles. The van der Waals surface area contributed by atoms with Gasteiger partial charge >= 0.3 is 0 Å². The zero-order valence-electron chi connectivity index (χ0n) is 18.2. The maximum atomic E-state index is 12.5. The Bertz CT molecular complexity index is 671. The molecule has 3 saturated heterocycles. The van der Waals surface area contributed by atoms with Gasteiger partial charge in [0, 0.05) is 31.7 Å². The second-order valence-corrected chi connectivity index (χ2v) is 9.04. The molecule has 3 heterocycles. The SMILES string of the molecule is O=C(NCC1CCCO1)C1CCN(C2CCN(C/C=C/c3ccccc3)CC2)CC1. The maximum Gasteiger partial charge on any atom is 0.223 e. The van der Waals surface area contributed by atoms with Crippen LogP contribution in [0.25, 0.3) is 6.08 Å². The Hall–Kier alpha value is -1.69. The molecule has 30 heavy (non-hydrogen) atoms. The van der Waals surface area contributed by atoms with Crippen molar-refractivity contribution in [2.45, 2.75) is 50.7 Å². The summed E-state index contributed by atoms with van der Waals surface area (Å²) >= 11 is 0. The number of rotatable bonds is 7. The van der Waals surface area contributed by atoms with Crippen LogP contribution in [0.15, 0.2) is 36.4 Å². The van der Waals surface area contributed by atoms with Gasteiger partial charge in [-0.15, -0.1) is 0 Å². The van der Waals surface area contributed by atoms with Gasteiger partial charge in [0.15, 0.2) is 0 Å². The number of nitrogens with zero attached hydrogens (tertiary/aromatic N) is 2. The molecular formula is C25H37N3O2. The van der Waals surface area contributed by atoms with Gasteiger partial charge in [-0.25, -0.2) is 0 Å². The minimum atomic E-state index is 0.186. The average Bonchev–Trinajstić information content (AvgIpc) is 3.33. The van der Waals surface area contributed by atoms with Crippen molar-refractivity contribution in [1.82, 2.24) is 15.1 Å². The summed E-state index contributed by atoms with van der Waals surface area (Å²) in [6, 6.07) is 11.2. The first kappa shape index (κ1) is 21.5. The normalized spacial score (nSPS) is 25.1. The fourth-order valence-electron chi connectivity index (χ4n) is 5.06. The third-order valence-electron chi connectivity index (χ3n) is 6.98. The van der Waals surface area contributed by atoms with E-state index in [4.69, 9.17) is 4.74 Å². The Morgan fingerprint density at radius 3 is 2.50 bits per heavy atom. The van der Waals surface area contributed by atoms with E-state index in [1.54, 1.807) is 0 Å². The zero-order valence-corrected chi connectivity index (χ0v) is 18.2. The summed E-state index contributed by atoms with van der Waals surface area (Å²) in [7, 11) is 0. The van der Waals surface area contributed by atoms with Crippen LogP contribution >= 0.6 is 0 Å². The molecule has 5 nitrogen and oxygen atoms in total. The van der Waals surface area contributed by atoms with Gasteiger partial charge in [0.2, 0.25) is 5.91 Å². The topological polar surface area (TPSA) is 44.8 Å². The van der Waals surface area contributed by atoms with Crippen molar-refractivity contribution in [3.8, 4) is 0 Å². The fourth-order valence-corrected chi connectivity index (χ4v) is 5.06. The Balaban J connectivity index is 1.12. The van der Waals surface area contributed by atoms with Crippen LogP contribution in [0.5, 0.6) is 0 Å². The highest BCUT2D eigenvalue weighted by atomic mass is 16.5. The molecule has 0 saturated carbocycles. The quantitative estimate of drug-likeness (QED) is 0.749. The molecule has 1 atom stereocenters. The third-order valence-corrected chi connectivity index (χ3v) is 6.98. The van der Waals surface area contributed by atoms with E-state index >= 15 is 0 Å². The second kappa shape index (κ2) is 11.1. The van der Waals surface area contributed by atoms with Gasteiger partial charge in [-0.3, -0.25) is 9.69 Å². The van der Waals surface area contributed by atoms with E-state index in [2.05, 4.69) is 57.6 Å². The molecule has 3 aliphatic heterocycles. The number of nitrogens with one attached hydrogen (secondary N) is 1. The molecule has 4 rings (SSSR count). The summed E-state index contributed by atoms with van der Waals surface area (Å²) in [5.74, 6) is 0.427. The highest BCUT2D eigenvalue weighted by Gasteiger charge is 2.30. The van der Waals surface area contributed by atoms with Crippen molar-refractivity contribution in [2.24, 2.45) is 5.92 Å². The standard InChI is InChI=1S/C25H37N3O2/c29-25(26-20-24-9-5-19-30-24)22-10-17-28(18-11-22)23-12-15-27(16-13-23)14-4-8-21-6-2-1-3-7-21/h1-4,6-8,22-24H,5,9-20H2,(H,26,29)/b8-4+. The van der Waals surface area contributed by atoms with E-state index < -0.39 is 0 Å². The lowest BCUT2D eigenvalue weighted by Crippen LogP contribution is -2.49. The van der Waals surface area contributed by atoms with Crippen LogP contribution in [-0.4, -0.2) is 73.7 Å². The molecule has 1 N–H and O–H groups in total. The minimum absolute atomic E-state index is 0.186. The number of ether oxygens (including phenoxy) is 1. The summed E-state index contributed by atoms with van der Waals surface area (Å²) in [5.41, 5.74) is 1.27. The molecule has 1 unspecified atom stereocenters. The Labute approximate surface area is 181 Å². The third kappa shape index (κ3) is 6.16. The van der Waals surface area contributed by atoms with Gasteiger partial charge in [0.05, 0.1) is 6.10 Å². The van der Waals surface area contributed by atoms with Crippen LogP contribution in [0.2, 0.25) is 0 Å². The van der Waals surface area contributed by atoms with Crippen molar-refractivity contribution < 1.29 is 9.53 Å². The second-order valence-electron chi connectivity index (χ2n) is 9.04. The predicted octanol–water partition coefficient (Wildman–Crippen LogP) is 3.17. The highest BCUT2D eigenvalue weighted by Crippen LogP contribution is 2.24. The monoisotopic (exact) mass is 411 g/mol. The molecule has 5 heteroatoms. The van der Waals surface area contributed by atoms with Crippen molar-refractivity contribution >= 4 is 12.0 Å². The molecule has 0 aromatic heterocycles. The van der Waals surface area contributed by atoms with Gasteiger partial charge in [-0.05, 0) is 70.3 Å². The highest BCUT2D eigenvalue weighted by molar-refractivity contribution is 5.78. The first-order valence-corrected chi connectivity index (χ1v) is 11.9. The summed E-state index contributed by atoms with van der Waals surface area (Å²) in [5, 5.41) is 3.13. The number of carbonyl (C=O) groups is 1. The smallest absolute Gasteiger partial charge is 0.223 e. The summed E-state index contributed by atoms with van der Waals surface area (Å²) < 4.78 is 5.61. The molecule has 0 spiro atoms. The first-order valence-electron chi connectivity index (χ1n) is 11.9. The predicted molar refractivity (Wildman–Crippen MR) is 121 cm³/mol. The van der Waals surface area contributed by atoms with E-state index in [-0.39, 0.29) is 17.9 Å². The number of amides is 1. The summed E-state index contributed by atoms with van der Waals surface area (Å²) in [6.07, 6.45) is 11.4. The molecule has 0 bridgehead atoms. The molecular weight excluding hydrogens is 374 g/mol. The average molecular weight is 412 g/mol. The van der Waals surface area contributed by atoms with Gasteiger partial charge in [0.1, 0.15) is 0 Å². The lowest BCUT2D eigenvalue weighted by atomic mass is 9.92. The molecule has 1 amide bonds. The number of piperidine rings is 2. The number of carbonyl (C=O) groups excluding carboxylic acids is 1. The number of likely N-dealkylation sites (tertiary alicyclic amines) is 2. The Kier molecular flexibility index (Phi) is 7.95. The molecule has 3 aliphatic rings. The maximum absolute atomic E-state index is 12.5. The van der Waals surface area contributed by atoms with E-state index in [0.29, 0.717) is 12.6 Å². The van der Waals surface area contributed by atoms with E-state index in [1.165, 1.54) is 31.5 Å². The molecule has 164 valence electrons. The molecule has 3 fully saturated rings. The van der Waals surface area contributed by atoms with E-state index in [1.807, 2.05) is 0 Å². The Morgan fingerprint density at radius 2 is 1.80 bits per heavy atom. The van der Waals surface area contributed by atoms with Crippen molar-refractivity contribution in [3.63, 3.8) is 0 Å². The van der Waals surface area contributed by atoms with Gasteiger partial charge in [-0.1, -0.05) is 42.5 Å². The van der Waals surface area contributed by atoms with Crippen molar-refractivity contribution in [3.05, 3.63) is 42.0 Å². The molecule has 0 radical (unpaired) electrons. The lowest BCUT2D eigenvalue weighted by molar-refractivity contribution is -0.127. The van der Waals surface area contributed by atoms with Crippen molar-refractivity contribution in [2.75, 3.05) is 45.9 Å². The number of hydrogen-bond donors (Lipinski definition) is 1. The van der Waals surface area contributed by atoms with Crippen LogP contribution in [0, 0.1) is 5.92 Å². The Morgan fingerprint density at radius 1 is 1.03 bits per heavy atom. The fraction of sp³-hybridized carbons (Fsp3) is 0.640. The first-order chi connectivity index (χ1) is 14.8. The molecule has 0 aliphatic carbocycles. The van der Waals surface area contributed by atoms with Gasteiger partial charge in [-0.2, -0.15) is 0 Å². The summed E-state index contributed by atoms with van der Waals surface area (Å²) in [6.45, 7) is 7.05. The van der Waals surface area contributed by atoms with Crippen molar-refractivity contribution in [1.29, 1.82) is 0 Å². The van der Waals surface area contributed by atoms with Crippen LogP contribution in [0.4, 0.5) is 0 Å². The van der Waals surface area contributed by atoms with Crippen LogP contribution < -0.4 is 5.32 Å². The number of benzene rings is 1. The lowest BCUT2D eigenvalue weighted by Gasteiger charge is -2.41. The molecule has 1 aromatic rings. The largest absolute Gasteiger partial charge is 0.376 e. The van der Waals surface area contributed by atoms with Gasteiger partial charge < -0.3 is 15.0 Å². The zero-order chi connectivity index (χ0) is 20.6. The van der Waals surface area contributed by atoms with Crippen LogP contribution in [0.3, 0.4) is 0 Å².